The van der Waals surface area contributed by atoms with Gasteiger partial charge in [0.2, 0.25) is 0 Å². The number of likely N-dealkylation sites (tertiary alicyclic amines) is 1. The first-order chi connectivity index (χ1) is 9.60. The van der Waals surface area contributed by atoms with Crippen LogP contribution in [-0.2, 0) is 7.05 Å². The van der Waals surface area contributed by atoms with Crippen molar-refractivity contribution in [3.8, 4) is 0 Å². The maximum atomic E-state index is 4.51. The van der Waals surface area contributed by atoms with Crippen LogP contribution in [0.15, 0.2) is 6.20 Å². The van der Waals surface area contributed by atoms with Crippen LogP contribution in [0.1, 0.15) is 49.9 Å². The number of hydrogen-bond acceptors (Lipinski definition) is 3. The molecule has 1 N–H and O–H groups in total. The number of piperidine rings is 2. The minimum Gasteiger partial charge on any atom is -0.316 e. The highest BCUT2D eigenvalue weighted by Crippen LogP contribution is 2.39. The van der Waals surface area contributed by atoms with Crippen molar-refractivity contribution < 1.29 is 0 Å². The van der Waals surface area contributed by atoms with Crippen LogP contribution in [0.3, 0.4) is 0 Å². The Kier molecular flexibility index (Phi) is 3.87. The highest BCUT2D eigenvalue weighted by Gasteiger charge is 2.38. The molecule has 4 heteroatoms. The van der Waals surface area contributed by atoms with Gasteiger partial charge in [-0.2, -0.15) is 5.10 Å². The van der Waals surface area contributed by atoms with E-state index in [0.29, 0.717) is 11.5 Å². The molecule has 2 fully saturated rings. The summed E-state index contributed by atoms with van der Waals surface area (Å²) < 4.78 is 1.95. The molecule has 1 spiro atoms. The topological polar surface area (TPSA) is 33.1 Å². The zero-order valence-corrected chi connectivity index (χ0v) is 13.2. The molecule has 2 saturated heterocycles. The molecule has 2 aliphatic rings. The zero-order valence-electron chi connectivity index (χ0n) is 13.2. The van der Waals surface area contributed by atoms with Crippen LogP contribution in [0.25, 0.3) is 0 Å². The molecular weight excluding hydrogens is 248 g/mol. The van der Waals surface area contributed by atoms with E-state index in [9.17, 15) is 0 Å². The SMILES string of the molecule is Cc1nn(C)cc1C(C)N1CCCC2(CCCNC2)C1. The first kappa shape index (κ1) is 14.1. The molecule has 2 aliphatic heterocycles. The van der Waals surface area contributed by atoms with Gasteiger partial charge in [-0.3, -0.25) is 9.58 Å². The lowest BCUT2D eigenvalue weighted by Gasteiger charge is -2.47. The van der Waals surface area contributed by atoms with Gasteiger partial charge in [0, 0.05) is 37.9 Å². The second-order valence-electron chi connectivity index (χ2n) is 6.87. The number of aromatic nitrogens is 2. The van der Waals surface area contributed by atoms with E-state index in [1.165, 1.54) is 63.1 Å². The molecular formula is C16H28N4. The molecule has 20 heavy (non-hydrogen) atoms. The van der Waals surface area contributed by atoms with Gasteiger partial charge >= 0.3 is 0 Å². The predicted octanol–water partition coefficient (Wildman–Crippen LogP) is 2.26. The summed E-state index contributed by atoms with van der Waals surface area (Å²) in [7, 11) is 2.02. The van der Waals surface area contributed by atoms with E-state index in [0.717, 1.165) is 0 Å². The fourth-order valence-corrected chi connectivity index (χ4v) is 4.18. The Morgan fingerprint density at radius 2 is 2.15 bits per heavy atom. The van der Waals surface area contributed by atoms with Crippen LogP contribution in [-0.4, -0.2) is 40.9 Å². The van der Waals surface area contributed by atoms with Gasteiger partial charge in [-0.25, -0.2) is 0 Å². The second-order valence-corrected chi connectivity index (χ2v) is 6.87. The van der Waals surface area contributed by atoms with E-state index in [-0.39, 0.29) is 0 Å². The van der Waals surface area contributed by atoms with E-state index in [4.69, 9.17) is 0 Å². The molecule has 3 heterocycles. The molecule has 112 valence electrons. The first-order valence-electron chi connectivity index (χ1n) is 8.05. The van der Waals surface area contributed by atoms with Gasteiger partial charge in [0.25, 0.3) is 0 Å². The van der Waals surface area contributed by atoms with E-state index < -0.39 is 0 Å². The Morgan fingerprint density at radius 3 is 2.80 bits per heavy atom. The minimum atomic E-state index is 0.489. The molecule has 0 radical (unpaired) electrons. The summed E-state index contributed by atoms with van der Waals surface area (Å²) in [6, 6.07) is 0.489. The number of nitrogens with zero attached hydrogens (tertiary/aromatic N) is 3. The summed E-state index contributed by atoms with van der Waals surface area (Å²) in [5.74, 6) is 0. The van der Waals surface area contributed by atoms with Crippen molar-refractivity contribution in [1.82, 2.24) is 20.0 Å². The average molecular weight is 276 g/mol. The Hall–Kier alpha value is -0.870. The van der Waals surface area contributed by atoms with Gasteiger partial charge in [-0.1, -0.05) is 0 Å². The smallest absolute Gasteiger partial charge is 0.0641 e. The van der Waals surface area contributed by atoms with Crippen LogP contribution in [0, 0.1) is 12.3 Å². The number of rotatable bonds is 2. The van der Waals surface area contributed by atoms with Crippen LogP contribution < -0.4 is 5.32 Å². The quantitative estimate of drug-likeness (QED) is 0.899. The molecule has 1 aromatic rings. The van der Waals surface area contributed by atoms with E-state index in [1.54, 1.807) is 0 Å². The summed E-state index contributed by atoms with van der Waals surface area (Å²) in [5, 5.41) is 8.13. The first-order valence-corrected chi connectivity index (χ1v) is 8.05. The molecule has 2 unspecified atom stereocenters. The van der Waals surface area contributed by atoms with Gasteiger partial charge in [-0.05, 0) is 58.0 Å². The van der Waals surface area contributed by atoms with Crippen molar-refractivity contribution in [3.05, 3.63) is 17.5 Å². The summed E-state index contributed by atoms with van der Waals surface area (Å²) in [5.41, 5.74) is 3.11. The zero-order chi connectivity index (χ0) is 14.2. The third kappa shape index (κ3) is 2.63. The van der Waals surface area contributed by atoms with Crippen molar-refractivity contribution in [1.29, 1.82) is 0 Å². The normalized spacial score (nSPS) is 29.8. The molecule has 0 amide bonds. The Balaban J connectivity index is 1.74. The van der Waals surface area contributed by atoms with Gasteiger partial charge in [-0.15, -0.1) is 0 Å². The third-order valence-electron chi connectivity index (χ3n) is 5.30. The van der Waals surface area contributed by atoms with E-state index in [2.05, 4.69) is 35.4 Å². The maximum absolute atomic E-state index is 4.51. The highest BCUT2D eigenvalue weighted by atomic mass is 15.3. The highest BCUT2D eigenvalue weighted by molar-refractivity contribution is 5.19. The van der Waals surface area contributed by atoms with E-state index in [1.807, 2.05) is 11.7 Å². The summed E-state index contributed by atoms with van der Waals surface area (Å²) in [4.78, 5) is 2.68. The molecule has 0 aliphatic carbocycles. The summed E-state index contributed by atoms with van der Waals surface area (Å²) >= 11 is 0. The van der Waals surface area contributed by atoms with Crippen LogP contribution >= 0.6 is 0 Å². The fourth-order valence-electron chi connectivity index (χ4n) is 4.18. The Bertz CT molecular complexity index is 454. The lowest BCUT2D eigenvalue weighted by Crippen LogP contribution is -2.51. The van der Waals surface area contributed by atoms with Gasteiger partial charge in [0.1, 0.15) is 0 Å². The van der Waals surface area contributed by atoms with Gasteiger partial charge < -0.3 is 5.32 Å². The number of aryl methyl sites for hydroxylation is 2. The van der Waals surface area contributed by atoms with Crippen molar-refractivity contribution in [2.24, 2.45) is 12.5 Å². The molecule has 2 atom stereocenters. The molecule has 3 rings (SSSR count). The van der Waals surface area contributed by atoms with Crippen molar-refractivity contribution in [2.45, 2.75) is 45.6 Å². The lowest BCUT2D eigenvalue weighted by atomic mass is 9.74. The molecule has 4 nitrogen and oxygen atoms in total. The molecule has 0 aromatic carbocycles. The van der Waals surface area contributed by atoms with E-state index >= 15 is 0 Å². The molecule has 0 saturated carbocycles. The maximum Gasteiger partial charge on any atom is 0.0641 e. The number of hydrogen-bond donors (Lipinski definition) is 1. The van der Waals surface area contributed by atoms with Gasteiger partial charge in [0.15, 0.2) is 0 Å². The van der Waals surface area contributed by atoms with Crippen LogP contribution in [0.4, 0.5) is 0 Å². The predicted molar refractivity (Wildman–Crippen MR) is 81.7 cm³/mol. The number of nitrogens with one attached hydrogen (secondary N) is 1. The van der Waals surface area contributed by atoms with Crippen LogP contribution in [0.2, 0.25) is 0 Å². The molecule has 1 aromatic heterocycles. The Morgan fingerprint density at radius 1 is 1.35 bits per heavy atom. The summed E-state index contributed by atoms with van der Waals surface area (Å²) in [6.45, 7) is 9.38. The Labute approximate surface area is 122 Å². The van der Waals surface area contributed by atoms with Crippen molar-refractivity contribution >= 4 is 0 Å². The molecule has 0 bridgehead atoms. The van der Waals surface area contributed by atoms with Gasteiger partial charge in [0.05, 0.1) is 5.69 Å². The minimum absolute atomic E-state index is 0.489. The standard InChI is InChI=1S/C16H28N4/c1-13-15(10-19(3)18-13)14(2)20-9-5-7-16(12-20)6-4-8-17-11-16/h10,14,17H,4-9,11-12H2,1-3H3. The van der Waals surface area contributed by atoms with Crippen LogP contribution in [0.5, 0.6) is 0 Å². The average Bonchev–Trinajstić information content (AvgIpc) is 2.78. The monoisotopic (exact) mass is 276 g/mol. The second kappa shape index (κ2) is 5.49. The summed E-state index contributed by atoms with van der Waals surface area (Å²) in [6.07, 6.45) is 7.67. The van der Waals surface area contributed by atoms with Crippen molar-refractivity contribution in [2.75, 3.05) is 26.2 Å². The lowest BCUT2D eigenvalue weighted by molar-refractivity contribution is 0.0414. The fraction of sp³-hybridized carbons (Fsp3) is 0.812. The largest absolute Gasteiger partial charge is 0.316 e. The third-order valence-corrected chi connectivity index (χ3v) is 5.30. The van der Waals surface area contributed by atoms with Crippen molar-refractivity contribution in [3.63, 3.8) is 0 Å².